The monoisotopic (exact) mass is 211 g/mol. The molecule has 2 aromatic rings. The van der Waals surface area contributed by atoms with Crippen LogP contribution in [0.3, 0.4) is 0 Å². The number of hydrogen-bond acceptors (Lipinski definition) is 4. The first-order chi connectivity index (χ1) is 7.79. The van der Waals surface area contributed by atoms with Gasteiger partial charge in [-0.05, 0) is 11.6 Å². The molecular weight excluding hydrogens is 202 g/mol. The Morgan fingerprint density at radius 2 is 2.00 bits per heavy atom. The molecule has 16 heavy (non-hydrogen) atoms. The third-order valence-corrected chi connectivity index (χ3v) is 1.99. The molecule has 1 aromatic carbocycles. The Bertz CT molecular complexity index is 549. The van der Waals surface area contributed by atoms with Crippen molar-refractivity contribution in [1.29, 1.82) is 5.26 Å². The predicted molar refractivity (Wildman–Crippen MR) is 61.0 cm³/mol. The minimum absolute atomic E-state index is 0.0511. The smallest absolute Gasteiger partial charge is 0.229 e. The fourth-order valence-corrected chi connectivity index (χ4v) is 1.23. The quantitative estimate of drug-likeness (QED) is 0.826. The van der Waals surface area contributed by atoms with E-state index in [-0.39, 0.29) is 11.6 Å². The summed E-state index contributed by atoms with van der Waals surface area (Å²) in [6.45, 7) is 0. The van der Waals surface area contributed by atoms with E-state index in [1.165, 1.54) is 0 Å². The summed E-state index contributed by atoms with van der Waals surface area (Å²) < 4.78 is 5.08. The molecule has 2 rings (SSSR count). The molecule has 0 saturated heterocycles. The molecule has 0 spiro atoms. The number of oxazole rings is 1. The Balaban J connectivity index is 2.22. The minimum Gasteiger partial charge on any atom is -0.420 e. The topological polar surface area (TPSA) is 75.8 Å². The maximum absolute atomic E-state index is 8.64. The van der Waals surface area contributed by atoms with Crippen LogP contribution in [0.15, 0.2) is 34.7 Å². The number of anilines is 1. The lowest BCUT2D eigenvalue weighted by atomic mass is 10.2. The molecule has 0 unspecified atom stereocenters. The lowest BCUT2D eigenvalue weighted by molar-refractivity contribution is 0.565. The van der Waals surface area contributed by atoms with Crippen LogP contribution in [-0.2, 0) is 0 Å². The van der Waals surface area contributed by atoms with Gasteiger partial charge in [-0.25, -0.2) is 0 Å². The second-order valence-corrected chi connectivity index (χ2v) is 3.12. The SMILES string of the molecule is N#Cc1nc(C=Cc2ccccc2)oc1N. The Hall–Kier alpha value is -2.54. The van der Waals surface area contributed by atoms with Crippen LogP contribution in [0.2, 0.25) is 0 Å². The molecule has 78 valence electrons. The largest absolute Gasteiger partial charge is 0.420 e. The van der Waals surface area contributed by atoms with E-state index in [2.05, 4.69) is 4.98 Å². The Labute approximate surface area is 92.6 Å². The zero-order valence-electron chi connectivity index (χ0n) is 8.42. The van der Waals surface area contributed by atoms with E-state index in [4.69, 9.17) is 15.4 Å². The average molecular weight is 211 g/mol. The van der Waals surface area contributed by atoms with Gasteiger partial charge in [0.1, 0.15) is 6.07 Å². The number of rotatable bonds is 2. The maximum Gasteiger partial charge on any atom is 0.229 e. The highest BCUT2D eigenvalue weighted by Gasteiger charge is 2.06. The molecule has 0 atom stereocenters. The van der Waals surface area contributed by atoms with Crippen molar-refractivity contribution in [3.8, 4) is 6.07 Å². The normalized spacial score (nSPS) is 10.4. The molecule has 0 bridgehead atoms. The third-order valence-electron chi connectivity index (χ3n) is 1.99. The first kappa shape index (κ1) is 9.99. The summed E-state index contributed by atoms with van der Waals surface area (Å²) >= 11 is 0. The third kappa shape index (κ3) is 2.10. The summed E-state index contributed by atoms with van der Waals surface area (Å²) in [5, 5.41) is 8.64. The van der Waals surface area contributed by atoms with Gasteiger partial charge < -0.3 is 10.2 Å². The molecule has 1 aromatic heterocycles. The summed E-state index contributed by atoms with van der Waals surface area (Å²) in [4.78, 5) is 3.90. The van der Waals surface area contributed by atoms with Crippen LogP contribution in [-0.4, -0.2) is 4.98 Å². The van der Waals surface area contributed by atoms with Crippen LogP contribution >= 0.6 is 0 Å². The zero-order valence-corrected chi connectivity index (χ0v) is 8.42. The van der Waals surface area contributed by atoms with Gasteiger partial charge in [-0.15, -0.1) is 0 Å². The number of nitriles is 1. The number of nitrogens with two attached hydrogens (primary N) is 1. The van der Waals surface area contributed by atoms with Gasteiger partial charge in [-0.1, -0.05) is 30.3 Å². The van der Waals surface area contributed by atoms with Crippen LogP contribution in [0.1, 0.15) is 17.1 Å². The molecule has 0 amide bonds. The van der Waals surface area contributed by atoms with Gasteiger partial charge in [0.2, 0.25) is 17.5 Å². The van der Waals surface area contributed by atoms with Gasteiger partial charge in [-0.3, -0.25) is 0 Å². The van der Waals surface area contributed by atoms with Crippen LogP contribution < -0.4 is 5.73 Å². The van der Waals surface area contributed by atoms with Gasteiger partial charge in [0.15, 0.2) is 0 Å². The van der Waals surface area contributed by atoms with Gasteiger partial charge in [0.25, 0.3) is 0 Å². The fraction of sp³-hybridized carbons (Fsp3) is 0. The number of nitrogen functional groups attached to an aromatic ring is 1. The van der Waals surface area contributed by atoms with Gasteiger partial charge in [0.05, 0.1) is 0 Å². The summed E-state index contributed by atoms with van der Waals surface area (Å²) in [6, 6.07) is 11.6. The average Bonchev–Trinajstić information content (AvgIpc) is 2.69. The van der Waals surface area contributed by atoms with E-state index in [9.17, 15) is 0 Å². The molecule has 0 fully saturated rings. The molecule has 4 heteroatoms. The molecule has 0 radical (unpaired) electrons. The molecule has 0 aliphatic carbocycles. The van der Waals surface area contributed by atoms with Crippen LogP contribution in [0.4, 0.5) is 5.88 Å². The number of nitrogens with zero attached hydrogens (tertiary/aromatic N) is 2. The fourth-order valence-electron chi connectivity index (χ4n) is 1.23. The van der Waals surface area contributed by atoms with Crippen LogP contribution in [0.5, 0.6) is 0 Å². The number of hydrogen-bond donors (Lipinski definition) is 1. The molecule has 0 saturated carbocycles. The molecule has 2 N–H and O–H groups in total. The van der Waals surface area contributed by atoms with Gasteiger partial charge in [-0.2, -0.15) is 10.2 Å². The standard InChI is InChI=1S/C12H9N3O/c13-8-10-12(14)16-11(15-10)7-6-9-4-2-1-3-5-9/h1-7H,14H2. The van der Waals surface area contributed by atoms with Crippen molar-refractivity contribution in [3.05, 3.63) is 47.5 Å². The van der Waals surface area contributed by atoms with E-state index >= 15 is 0 Å². The summed E-state index contributed by atoms with van der Waals surface area (Å²) in [6.07, 6.45) is 3.51. The van der Waals surface area contributed by atoms with E-state index < -0.39 is 0 Å². The molecule has 4 nitrogen and oxygen atoms in total. The second kappa shape index (κ2) is 4.32. The van der Waals surface area contributed by atoms with Gasteiger partial charge >= 0.3 is 0 Å². The highest BCUT2D eigenvalue weighted by Crippen LogP contribution is 2.14. The molecular formula is C12H9N3O. The lowest BCUT2D eigenvalue weighted by Gasteiger charge is -1.88. The van der Waals surface area contributed by atoms with E-state index in [0.29, 0.717) is 5.89 Å². The van der Waals surface area contributed by atoms with E-state index in [1.807, 2.05) is 42.5 Å². The van der Waals surface area contributed by atoms with Crippen LogP contribution in [0.25, 0.3) is 12.2 Å². The van der Waals surface area contributed by atoms with Crippen molar-refractivity contribution in [1.82, 2.24) is 4.98 Å². The molecule has 0 aliphatic heterocycles. The number of aromatic nitrogens is 1. The Morgan fingerprint density at radius 3 is 2.62 bits per heavy atom. The molecule has 1 heterocycles. The van der Waals surface area contributed by atoms with Crippen molar-refractivity contribution >= 4 is 18.0 Å². The molecule has 0 aliphatic rings. The highest BCUT2D eigenvalue weighted by atomic mass is 16.4. The van der Waals surface area contributed by atoms with E-state index in [1.54, 1.807) is 6.08 Å². The van der Waals surface area contributed by atoms with Gasteiger partial charge in [0, 0.05) is 6.08 Å². The van der Waals surface area contributed by atoms with Crippen molar-refractivity contribution in [2.24, 2.45) is 0 Å². The van der Waals surface area contributed by atoms with E-state index in [0.717, 1.165) is 5.56 Å². The maximum atomic E-state index is 8.64. The first-order valence-corrected chi connectivity index (χ1v) is 4.69. The predicted octanol–water partition coefficient (Wildman–Crippen LogP) is 2.30. The van der Waals surface area contributed by atoms with Crippen molar-refractivity contribution in [2.75, 3.05) is 5.73 Å². The highest BCUT2D eigenvalue weighted by molar-refractivity contribution is 5.66. The minimum atomic E-state index is 0.0511. The Morgan fingerprint density at radius 1 is 1.25 bits per heavy atom. The summed E-state index contributed by atoms with van der Waals surface area (Å²) in [5.74, 6) is 0.383. The van der Waals surface area contributed by atoms with Crippen molar-refractivity contribution in [3.63, 3.8) is 0 Å². The van der Waals surface area contributed by atoms with Crippen LogP contribution in [0, 0.1) is 11.3 Å². The summed E-state index contributed by atoms with van der Waals surface area (Å²) in [5.41, 5.74) is 6.58. The number of benzene rings is 1. The van der Waals surface area contributed by atoms with Crippen molar-refractivity contribution < 1.29 is 4.42 Å². The van der Waals surface area contributed by atoms with Crippen molar-refractivity contribution in [2.45, 2.75) is 0 Å². The first-order valence-electron chi connectivity index (χ1n) is 4.69. The lowest BCUT2D eigenvalue weighted by Crippen LogP contribution is -1.83. The summed E-state index contributed by atoms with van der Waals surface area (Å²) in [7, 11) is 0. The Kier molecular flexibility index (Phi) is 2.70. The second-order valence-electron chi connectivity index (χ2n) is 3.12. The zero-order chi connectivity index (χ0) is 11.4.